The number of hydrogen-bond donors (Lipinski definition) is 1. The molecule has 1 aromatic rings. The van der Waals surface area contributed by atoms with Gasteiger partial charge in [-0.1, -0.05) is 6.07 Å². The minimum absolute atomic E-state index is 0.106. The number of esters is 1. The van der Waals surface area contributed by atoms with E-state index in [-0.39, 0.29) is 12.2 Å². The first kappa shape index (κ1) is 17.4. The first-order valence-electron chi connectivity index (χ1n) is 7.05. The van der Waals surface area contributed by atoms with Crippen LogP contribution in [0.5, 0.6) is 0 Å². The summed E-state index contributed by atoms with van der Waals surface area (Å²) < 4.78 is 18.1. The predicted molar refractivity (Wildman–Crippen MR) is 80.5 cm³/mol. The summed E-state index contributed by atoms with van der Waals surface area (Å²) in [5.41, 5.74) is 0.662. The molecule has 0 spiro atoms. The van der Waals surface area contributed by atoms with Gasteiger partial charge in [-0.3, -0.25) is 19.3 Å². The maximum absolute atomic E-state index is 13.4. The van der Waals surface area contributed by atoms with Gasteiger partial charge in [0.05, 0.1) is 0 Å². The third-order valence-corrected chi connectivity index (χ3v) is 3.34. The van der Waals surface area contributed by atoms with Crippen molar-refractivity contribution >= 4 is 29.5 Å². The highest BCUT2D eigenvalue weighted by molar-refractivity contribution is 6.04. The zero-order valence-corrected chi connectivity index (χ0v) is 13.2. The fraction of sp³-hybridized carbons (Fsp3) is 0.333. The van der Waals surface area contributed by atoms with E-state index in [0.717, 1.165) is 15.9 Å². The molecule has 1 aromatic carbocycles. The van der Waals surface area contributed by atoms with Crippen LogP contribution in [-0.4, -0.2) is 60.4 Å². The van der Waals surface area contributed by atoms with Gasteiger partial charge in [0, 0.05) is 12.7 Å². The molecule has 0 bridgehead atoms. The summed E-state index contributed by atoms with van der Waals surface area (Å²) in [7, 11) is 1.43. The van der Waals surface area contributed by atoms with E-state index in [0.29, 0.717) is 5.56 Å². The van der Waals surface area contributed by atoms with Crippen molar-refractivity contribution in [3.8, 4) is 0 Å². The molecule has 0 aromatic heterocycles. The van der Waals surface area contributed by atoms with Crippen LogP contribution in [0.25, 0.3) is 0 Å². The van der Waals surface area contributed by atoms with E-state index in [1.807, 2.05) is 0 Å². The Morgan fingerprint density at radius 1 is 1.33 bits per heavy atom. The Labute approximate surface area is 137 Å². The number of rotatable bonds is 5. The number of ether oxygens (including phenoxy) is 1. The first-order chi connectivity index (χ1) is 11.3. The molecular weight excluding hydrogens is 321 g/mol. The number of imide groups is 1. The molecule has 0 unspecified atom stereocenters. The molecule has 0 aliphatic carbocycles. The van der Waals surface area contributed by atoms with E-state index in [1.54, 1.807) is 6.92 Å². The molecule has 0 radical (unpaired) electrons. The summed E-state index contributed by atoms with van der Waals surface area (Å²) in [5.74, 6) is -2.54. The second kappa shape index (κ2) is 7.07. The van der Waals surface area contributed by atoms with Crippen LogP contribution in [0.4, 0.5) is 14.9 Å². The number of benzene rings is 1. The Hall–Kier alpha value is -2.97. The minimum atomic E-state index is -0.891. The molecule has 1 N–H and O–H groups in total. The van der Waals surface area contributed by atoms with Crippen molar-refractivity contribution in [3.05, 3.63) is 29.6 Å². The summed E-state index contributed by atoms with van der Waals surface area (Å²) in [6.45, 7) is 0.307. The Balaban J connectivity index is 1.81. The Bertz CT molecular complexity index is 706. The largest absolute Gasteiger partial charge is 0.454 e. The van der Waals surface area contributed by atoms with Crippen LogP contribution in [-0.2, 0) is 19.1 Å². The minimum Gasteiger partial charge on any atom is -0.454 e. The highest BCUT2D eigenvalue weighted by Crippen LogP contribution is 2.13. The van der Waals surface area contributed by atoms with Gasteiger partial charge >= 0.3 is 12.0 Å². The Kier molecular flexibility index (Phi) is 5.12. The van der Waals surface area contributed by atoms with Crippen LogP contribution in [0.15, 0.2) is 18.2 Å². The number of urea groups is 1. The van der Waals surface area contributed by atoms with Gasteiger partial charge in [0.25, 0.3) is 11.8 Å². The van der Waals surface area contributed by atoms with Gasteiger partial charge in [0.2, 0.25) is 0 Å². The zero-order valence-electron chi connectivity index (χ0n) is 13.2. The number of carbonyl (C=O) groups excluding carboxylic acids is 4. The molecule has 2 rings (SSSR count). The molecular formula is C15H16FN3O5. The Morgan fingerprint density at radius 3 is 2.62 bits per heavy atom. The highest BCUT2D eigenvalue weighted by atomic mass is 19.1. The molecule has 4 amide bonds. The maximum Gasteiger partial charge on any atom is 0.327 e. The maximum atomic E-state index is 13.4. The average Bonchev–Trinajstić information content (AvgIpc) is 2.75. The quantitative estimate of drug-likeness (QED) is 0.624. The molecule has 1 fully saturated rings. The number of amides is 4. The van der Waals surface area contributed by atoms with Crippen LogP contribution >= 0.6 is 0 Å². The van der Waals surface area contributed by atoms with Crippen molar-refractivity contribution in [2.75, 3.05) is 32.1 Å². The van der Waals surface area contributed by atoms with E-state index in [9.17, 15) is 23.6 Å². The molecule has 1 heterocycles. The van der Waals surface area contributed by atoms with Crippen molar-refractivity contribution in [2.24, 2.45) is 0 Å². The number of anilines is 1. The van der Waals surface area contributed by atoms with Crippen LogP contribution in [0, 0.1) is 12.7 Å². The monoisotopic (exact) mass is 337 g/mol. The van der Waals surface area contributed by atoms with Crippen molar-refractivity contribution in [1.82, 2.24) is 9.80 Å². The third-order valence-electron chi connectivity index (χ3n) is 3.34. The third kappa shape index (κ3) is 4.06. The topological polar surface area (TPSA) is 96.0 Å². The summed E-state index contributed by atoms with van der Waals surface area (Å²) in [4.78, 5) is 48.3. The lowest BCUT2D eigenvalue weighted by molar-refractivity contribution is -0.149. The molecule has 1 aliphatic heterocycles. The lowest BCUT2D eigenvalue weighted by atomic mass is 10.2. The van der Waals surface area contributed by atoms with Gasteiger partial charge in [-0.15, -0.1) is 0 Å². The van der Waals surface area contributed by atoms with Crippen LogP contribution < -0.4 is 5.32 Å². The number of halogens is 1. The smallest absolute Gasteiger partial charge is 0.327 e. The first-order valence-corrected chi connectivity index (χ1v) is 7.05. The Morgan fingerprint density at radius 2 is 2.04 bits per heavy atom. The summed E-state index contributed by atoms with van der Waals surface area (Å²) >= 11 is 0. The van der Waals surface area contributed by atoms with E-state index in [1.165, 1.54) is 19.2 Å². The van der Waals surface area contributed by atoms with Crippen LogP contribution in [0.2, 0.25) is 0 Å². The number of aryl methyl sites for hydroxylation is 1. The van der Waals surface area contributed by atoms with E-state index in [2.05, 4.69) is 5.32 Å². The zero-order chi connectivity index (χ0) is 17.9. The number of hydrogen-bond acceptors (Lipinski definition) is 5. The number of likely N-dealkylation sites (N-methyl/N-ethyl adjacent to an activating group) is 1. The second-order valence-corrected chi connectivity index (χ2v) is 5.29. The van der Waals surface area contributed by atoms with Gasteiger partial charge in [0.1, 0.15) is 18.9 Å². The fourth-order valence-corrected chi connectivity index (χ4v) is 2.01. The highest BCUT2D eigenvalue weighted by Gasteiger charge is 2.35. The average molecular weight is 337 g/mol. The van der Waals surface area contributed by atoms with Crippen molar-refractivity contribution in [3.63, 3.8) is 0 Å². The lowest BCUT2D eigenvalue weighted by Crippen LogP contribution is -2.37. The van der Waals surface area contributed by atoms with Gasteiger partial charge in [-0.05, 0) is 24.6 Å². The number of nitrogens with one attached hydrogen (secondary N) is 1. The van der Waals surface area contributed by atoms with Crippen LogP contribution in [0.1, 0.15) is 5.56 Å². The van der Waals surface area contributed by atoms with E-state index < -0.39 is 42.8 Å². The molecule has 128 valence electrons. The van der Waals surface area contributed by atoms with Gasteiger partial charge in [-0.2, -0.15) is 0 Å². The summed E-state index contributed by atoms with van der Waals surface area (Å²) in [5, 5.41) is 2.37. The van der Waals surface area contributed by atoms with E-state index in [4.69, 9.17) is 4.74 Å². The number of carbonyl (C=O) groups is 4. The van der Waals surface area contributed by atoms with Crippen molar-refractivity contribution in [2.45, 2.75) is 6.92 Å². The molecule has 0 saturated carbocycles. The fourth-order valence-electron chi connectivity index (χ4n) is 2.01. The molecule has 1 aliphatic rings. The van der Waals surface area contributed by atoms with Gasteiger partial charge in [0.15, 0.2) is 6.61 Å². The number of nitrogens with zero attached hydrogens (tertiary/aromatic N) is 2. The summed E-state index contributed by atoms with van der Waals surface area (Å²) in [6.07, 6.45) is 0. The lowest BCUT2D eigenvalue weighted by Gasteiger charge is -2.13. The molecule has 24 heavy (non-hydrogen) atoms. The molecule has 1 saturated heterocycles. The molecule has 0 atom stereocenters. The molecule has 8 nitrogen and oxygen atoms in total. The van der Waals surface area contributed by atoms with E-state index >= 15 is 0 Å². The van der Waals surface area contributed by atoms with Crippen LogP contribution in [0.3, 0.4) is 0 Å². The van der Waals surface area contributed by atoms with Crippen molar-refractivity contribution < 1.29 is 28.3 Å². The van der Waals surface area contributed by atoms with Crippen molar-refractivity contribution in [1.29, 1.82) is 0 Å². The molecule has 9 heteroatoms. The van der Waals surface area contributed by atoms with Gasteiger partial charge < -0.3 is 15.0 Å². The normalized spacial score (nSPS) is 14.1. The SMILES string of the molecule is Cc1ccc(NC(=O)COC(=O)CN2C(=O)CN(C)C2=O)cc1F. The second-order valence-electron chi connectivity index (χ2n) is 5.29. The predicted octanol–water partition coefficient (Wildman–Crippen LogP) is 0.510. The standard InChI is InChI=1S/C15H16FN3O5/c1-9-3-4-10(5-11(9)16)17-12(20)8-24-14(22)7-19-13(21)6-18(2)15(19)23/h3-5H,6-8H2,1-2H3,(H,17,20). The van der Waals surface area contributed by atoms with Gasteiger partial charge in [-0.25, -0.2) is 9.18 Å². The summed E-state index contributed by atoms with van der Waals surface area (Å²) in [6, 6.07) is 3.55.